The van der Waals surface area contributed by atoms with E-state index in [1.807, 2.05) is 0 Å². The topological polar surface area (TPSA) is 69.3 Å². The van der Waals surface area contributed by atoms with Gasteiger partial charge in [0.25, 0.3) is 5.91 Å². The first kappa shape index (κ1) is 18.5. The zero-order valence-corrected chi connectivity index (χ0v) is 15.9. The van der Waals surface area contributed by atoms with Gasteiger partial charge < -0.3 is 24.3 Å². The highest BCUT2D eigenvalue weighted by atomic mass is 32.1. The summed E-state index contributed by atoms with van der Waals surface area (Å²) in [5, 5.41) is 3.36. The van der Waals surface area contributed by atoms with Crippen molar-refractivity contribution in [2.45, 2.75) is 18.9 Å². The zero-order valence-electron chi connectivity index (χ0n) is 15.0. The maximum atomic E-state index is 12.7. The van der Waals surface area contributed by atoms with Crippen molar-refractivity contribution in [2.75, 3.05) is 34.5 Å². The predicted molar refractivity (Wildman–Crippen MR) is 100 cm³/mol. The van der Waals surface area contributed by atoms with Crippen LogP contribution in [0.25, 0.3) is 6.08 Å². The Hall–Kier alpha value is -2.32. The highest BCUT2D eigenvalue weighted by Crippen LogP contribution is 2.36. The van der Waals surface area contributed by atoms with Crippen LogP contribution in [0.5, 0.6) is 17.2 Å². The second kappa shape index (κ2) is 7.92. The van der Waals surface area contributed by atoms with Crippen molar-refractivity contribution in [3.05, 3.63) is 23.4 Å². The van der Waals surface area contributed by atoms with Gasteiger partial charge in [0, 0.05) is 18.2 Å². The monoisotopic (exact) mass is 378 g/mol. The van der Waals surface area contributed by atoms with Gasteiger partial charge in [0.05, 0.1) is 34.0 Å². The molecule has 1 N–H and O–H groups in total. The number of amides is 1. The first-order chi connectivity index (χ1) is 12.6. The summed E-state index contributed by atoms with van der Waals surface area (Å²) in [6, 6.07) is 3.47. The fraction of sp³-hybridized carbons (Fsp3) is 0.444. The third kappa shape index (κ3) is 3.61. The quantitative estimate of drug-likeness (QED) is 0.599. The van der Waals surface area contributed by atoms with Gasteiger partial charge in [-0.3, -0.25) is 9.69 Å². The normalized spacial score (nSPS) is 21.3. The van der Waals surface area contributed by atoms with Crippen molar-refractivity contribution in [1.29, 1.82) is 0 Å². The molecule has 2 aliphatic rings. The van der Waals surface area contributed by atoms with Gasteiger partial charge in [-0.15, -0.1) is 0 Å². The number of carbonyl (C=O) groups excluding carboxylic acids is 1. The molecular weight excluding hydrogens is 356 g/mol. The molecule has 26 heavy (non-hydrogen) atoms. The number of rotatable bonds is 6. The lowest BCUT2D eigenvalue weighted by molar-refractivity contribution is -0.123. The molecule has 0 spiro atoms. The third-order valence-electron chi connectivity index (χ3n) is 4.41. The second-order valence-electron chi connectivity index (χ2n) is 5.99. The van der Waals surface area contributed by atoms with Gasteiger partial charge in [-0.1, -0.05) is 0 Å². The third-order valence-corrected chi connectivity index (χ3v) is 4.73. The number of methoxy groups -OCH3 is 3. The molecule has 0 radical (unpaired) electrons. The Kier molecular flexibility index (Phi) is 5.63. The molecule has 2 heterocycles. The SMILES string of the molecule is COc1cc(OC)c(OC)cc1/C=C1/NC(=S)N(CC2CCCO2)C1=O. The Morgan fingerprint density at radius 3 is 2.54 bits per heavy atom. The van der Waals surface area contributed by atoms with Crippen molar-refractivity contribution < 1.29 is 23.7 Å². The van der Waals surface area contributed by atoms with Gasteiger partial charge in [-0.25, -0.2) is 0 Å². The van der Waals surface area contributed by atoms with Crippen LogP contribution in [0.3, 0.4) is 0 Å². The highest BCUT2D eigenvalue weighted by molar-refractivity contribution is 7.80. The Bertz CT molecular complexity index is 743. The molecule has 1 aromatic carbocycles. The van der Waals surface area contributed by atoms with E-state index in [0.717, 1.165) is 19.4 Å². The van der Waals surface area contributed by atoms with Crippen LogP contribution < -0.4 is 19.5 Å². The van der Waals surface area contributed by atoms with Crippen LogP contribution in [0, 0.1) is 0 Å². The molecule has 1 atom stereocenters. The average molecular weight is 378 g/mol. The van der Waals surface area contributed by atoms with E-state index in [0.29, 0.717) is 40.2 Å². The van der Waals surface area contributed by atoms with E-state index in [1.165, 1.54) is 0 Å². The van der Waals surface area contributed by atoms with Gasteiger partial charge >= 0.3 is 0 Å². The summed E-state index contributed by atoms with van der Waals surface area (Å²) in [4.78, 5) is 14.3. The number of hydrogen-bond donors (Lipinski definition) is 1. The minimum absolute atomic E-state index is 0.0358. The number of carbonyl (C=O) groups is 1. The molecule has 0 aromatic heterocycles. The minimum Gasteiger partial charge on any atom is -0.496 e. The van der Waals surface area contributed by atoms with E-state index in [-0.39, 0.29) is 12.0 Å². The summed E-state index contributed by atoms with van der Waals surface area (Å²) in [5.41, 5.74) is 1.07. The summed E-state index contributed by atoms with van der Waals surface area (Å²) in [6.07, 6.45) is 3.69. The Morgan fingerprint density at radius 1 is 1.23 bits per heavy atom. The van der Waals surface area contributed by atoms with Crippen molar-refractivity contribution in [1.82, 2.24) is 10.2 Å². The number of thiocarbonyl (C=S) groups is 1. The summed E-state index contributed by atoms with van der Waals surface area (Å²) in [6.45, 7) is 1.20. The van der Waals surface area contributed by atoms with Gasteiger partial charge in [-0.05, 0) is 37.2 Å². The van der Waals surface area contributed by atoms with Gasteiger partial charge in [0.1, 0.15) is 11.4 Å². The van der Waals surface area contributed by atoms with Crippen LogP contribution in [0.1, 0.15) is 18.4 Å². The number of nitrogens with one attached hydrogen (secondary N) is 1. The summed E-state index contributed by atoms with van der Waals surface area (Å²) in [7, 11) is 4.67. The second-order valence-corrected chi connectivity index (χ2v) is 6.37. The van der Waals surface area contributed by atoms with E-state index in [9.17, 15) is 4.79 Å². The maximum Gasteiger partial charge on any atom is 0.276 e. The Morgan fingerprint density at radius 2 is 1.92 bits per heavy atom. The molecule has 3 rings (SSSR count). The molecular formula is C18H22N2O5S. The predicted octanol–water partition coefficient (Wildman–Crippen LogP) is 1.95. The molecule has 1 amide bonds. The van der Waals surface area contributed by atoms with Crippen molar-refractivity contribution in [2.24, 2.45) is 0 Å². The van der Waals surface area contributed by atoms with Crippen LogP contribution in [0.4, 0.5) is 0 Å². The Balaban J connectivity index is 1.87. The first-order valence-corrected chi connectivity index (χ1v) is 8.74. The number of benzene rings is 1. The minimum atomic E-state index is -0.178. The molecule has 2 aliphatic heterocycles. The fourth-order valence-corrected chi connectivity index (χ4v) is 3.32. The molecule has 0 bridgehead atoms. The van der Waals surface area contributed by atoms with Crippen LogP contribution in [0.2, 0.25) is 0 Å². The van der Waals surface area contributed by atoms with Crippen LogP contribution in [0.15, 0.2) is 17.8 Å². The molecule has 1 aromatic rings. The van der Waals surface area contributed by atoms with Crippen molar-refractivity contribution >= 4 is 29.3 Å². The van der Waals surface area contributed by atoms with E-state index >= 15 is 0 Å². The van der Waals surface area contributed by atoms with E-state index in [4.69, 9.17) is 31.2 Å². The molecule has 0 aliphatic carbocycles. The van der Waals surface area contributed by atoms with E-state index < -0.39 is 0 Å². The van der Waals surface area contributed by atoms with Gasteiger partial charge in [-0.2, -0.15) is 0 Å². The zero-order chi connectivity index (χ0) is 18.7. The summed E-state index contributed by atoms with van der Waals surface area (Å²) < 4.78 is 21.6. The number of nitrogens with zero attached hydrogens (tertiary/aromatic N) is 1. The molecule has 140 valence electrons. The molecule has 8 heteroatoms. The van der Waals surface area contributed by atoms with E-state index in [2.05, 4.69) is 5.32 Å². The molecule has 2 fully saturated rings. The number of hydrogen-bond acceptors (Lipinski definition) is 6. The largest absolute Gasteiger partial charge is 0.496 e. The van der Waals surface area contributed by atoms with Crippen molar-refractivity contribution in [3.8, 4) is 17.2 Å². The molecule has 7 nitrogen and oxygen atoms in total. The maximum absolute atomic E-state index is 12.7. The van der Waals surface area contributed by atoms with Gasteiger partial charge in [0.2, 0.25) is 0 Å². The van der Waals surface area contributed by atoms with E-state index in [1.54, 1.807) is 44.4 Å². The van der Waals surface area contributed by atoms with Crippen molar-refractivity contribution in [3.63, 3.8) is 0 Å². The first-order valence-electron chi connectivity index (χ1n) is 8.33. The lowest BCUT2D eigenvalue weighted by atomic mass is 10.1. The fourth-order valence-electron chi connectivity index (χ4n) is 3.05. The molecule has 1 unspecified atom stereocenters. The smallest absolute Gasteiger partial charge is 0.276 e. The Labute approximate surface area is 157 Å². The molecule has 0 saturated carbocycles. The van der Waals surface area contributed by atoms with Crippen LogP contribution in [-0.2, 0) is 9.53 Å². The molecule has 2 saturated heterocycles. The van der Waals surface area contributed by atoms with Crippen LogP contribution in [-0.4, -0.2) is 56.5 Å². The summed E-state index contributed by atoms with van der Waals surface area (Å²) in [5.74, 6) is 1.48. The lowest BCUT2D eigenvalue weighted by Crippen LogP contribution is -2.37. The lowest BCUT2D eigenvalue weighted by Gasteiger charge is -2.18. The average Bonchev–Trinajstić information content (AvgIpc) is 3.25. The highest BCUT2D eigenvalue weighted by Gasteiger charge is 2.33. The standard InChI is InChI=1S/C18H22N2O5S/c1-22-14-9-16(24-3)15(23-2)8-11(14)7-13-17(21)20(18(26)19-13)10-12-5-4-6-25-12/h7-9,12H,4-6,10H2,1-3H3,(H,19,26)/b13-7+. The number of ether oxygens (including phenoxy) is 4. The van der Waals surface area contributed by atoms with Gasteiger partial charge in [0.15, 0.2) is 16.6 Å². The van der Waals surface area contributed by atoms with Crippen LogP contribution >= 0.6 is 12.2 Å². The summed E-state index contributed by atoms with van der Waals surface area (Å²) >= 11 is 5.32.